The van der Waals surface area contributed by atoms with Crippen molar-refractivity contribution >= 4 is 11.9 Å². The van der Waals surface area contributed by atoms with Crippen LogP contribution in [0.15, 0.2) is 12.2 Å². The van der Waals surface area contributed by atoms with E-state index in [0.717, 1.165) is 31.3 Å². The van der Waals surface area contributed by atoms with Gasteiger partial charge >= 0.3 is 11.9 Å². The second kappa shape index (κ2) is 6.03. The van der Waals surface area contributed by atoms with Gasteiger partial charge in [-0.2, -0.15) is 0 Å². The number of allylic oxidation sites excluding steroid dienone is 1. The van der Waals surface area contributed by atoms with Crippen LogP contribution in [0.5, 0.6) is 0 Å². The fourth-order valence-corrected chi connectivity index (χ4v) is 2.96. The highest BCUT2D eigenvalue weighted by molar-refractivity contribution is 6.00. The smallest absolute Gasteiger partial charge is 0.323 e. The van der Waals surface area contributed by atoms with E-state index in [1.54, 1.807) is 0 Å². The third-order valence-electron chi connectivity index (χ3n) is 3.73. The van der Waals surface area contributed by atoms with Gasteiger partial charge in [0.15, 0.2) is 5.41 Å². The number of carbonyl (C=O) groups is 2. The van der Waals surface area contributed by atoms with Crippen molar-refractivity contribution in [1.82, 2.24) is 0 Å². The summed E-state index contributed by atoms with van der Waals surface area (Å²) in [7, 11) is 2.63. The van der Waals surface area contributed by atoms with Gasteiger partial charge in [-0.1, -0.05) is 18.4 Å². The molecule has 0 spiro atoms. The van der Waals surface area contributed by atoms with Crippen molar-refractivity contribution in [3.05, 3.63) is 12.2 Å². The summed E-state index contributed by atoms with van der Waals surface area (Å²) in [6.45, 7) is 5.64. The van der Waals surface area contributed by atoms with E-state index in [-0.39, 0.29) is 5.92 Å². The fourth-order valence-electron chi connectivity index (χ4n) is 2.96. The number of carbonyl (C=O) groups excluding carboxylic acids is 2. The molecule has 0 saturated heterocycles. The van der Waals surface area contributed by atoms with Crippen molar-refractivity contribution in [3.8, 4) is 0 Å². The lowest BCUT2D eigenvalue weighted by Crippen LogP contribution is -2.46. The van der Waals surface area contributed by atoms with Gasteiger partial charge in [-0.15, -0.1) is 6.58 Å². The standard InChI is InChI=1S/C14H22O4/c1-10(2)9-14(12(15)17-3,13(16)18-4)11-7-5-6-8-11/h11H,1,5-9H2,2-4H3. The van der Waals surface area contributed by atoms with Gasteiger partial charge < -0.3 is 9.47 Å². The fraction of sp³-hybridized carbons (Fsp3) is 0.714. The molecule has 0 atom stereocenters. The summed E-state index contributed by atoms with van der Waals surface area (Å²) in [6, 6.07) is 0. The summed E-state index contributed by atoms with van der Waals surface area (Å²) < 4.78 is 9.74. The molecule has 0 aromatic carbocycles. The first-order valence-corrected chi connectivity index (χ1v) is 6.30. The molecule has 0 aromatic rings. The van der Waals surface area contributed by atoms with Gasteiger partial charge in [-0.3, -0.25) is 9.59 Å². The summed E-state index contributed by atoms with van der Waals surface area (Å²) in [4.78, 5) is 24.4. The molecule has 1 aliphatic carbocycles. The average Bonchev–Trinajstić information content (AvgIpc) is 2.87. The Labute approximate surface area is 108 Å². The van der Waals surface area contributed by atoms with Gasteiger partial charge in [0.2, 0.25) is 0 Å². The summed E-state index contributed by atoms with van der Waals surface area (Å²) in [5, 5.41) is 0. The van der Waals surface area contributed by atoms with E-state index in [2.05, 4.69) is 6.58 Å². The normalized spacial score (nSPS) is 16.4. The Morgan fingerprint density at radius 2 is 1.61 bits per heavy atom. The molecular formula is C14H22O4. The molecule has 1 aliphatic rings. The van der Waals surface area contributed by atoms with Crippen molar-refractivity contribution in [3.63, 3.8) is 0 Å². The van der Waals surface area contributed by atoms with Gasteiger partial charge in [0.25, 0.3) is 0 Å². The van der Waals surface area contributed by atoms with Crippen LogP contribution in [0.4, 0.5) is 0 Å². The van der Waals surface area contributed by atoms with Gasteiger partial charge in [-0.05, 0) is 32.1 Å². The molecule has 0 bridgehead atoms. The lowest BCUT2D eigenvalue weighted by atomic mass is 9.70. The van der Waals surface area contributed by atoms with Crippen LogP contribution >= 0.6 is 0 Å². The largest absolute Gasteiger partial charge is 0.468 e. The first kappa shape index (κ1) is 14.7. The summed E-state index contributed by atoms with van der Waals surface area (Å²) >= 11 is 0. The van der Waals surface area contributed by atoms with Crippen LogP contribution in [-0.2, 0) is 19.1 Å². The maximum atomic E-state index is 12.2. The van der Waals surface area contributed by atoms with Gasteiger partial charge in [0.1, 0.15) is 0 Å². The van der Waals surface area contributed by atoms with Crippen LogP contribution in [0.1, 0.15) is 39.0 Å². The lowest BCUT2D eigenvalue weighted by Gasteiger charge is -2.33. The Kier molecular flexibility index (Phi) is 4.93. The molecule has 0 N–H and O–H groups in total. The second-order valence-corrected chi connectivity index (χ2v) is 5.07. The molecule has 18 heavy (non-hydrogen) atoms. The second-order valence-electron chi connectivity index (χ2n) is 5.07. The van der Waals surface area contributed by atoms with Crippen molar-refractivity contribution in [1.29, 1.82) is 0 Å². The Bertz CT molecular complexity index is 324. The molecule has 0 unspecified atom stereocenters. The number of hydrogen-bond donors (Lipinski definition) is 0. The molecule has 1 rings (SSSR count). The molecule has 0 heterocycles. The minimum Gasteiger partial charge on any atom is -0.468 e. The zero-order valence-corrected chi connectivity index (χ0v) is 11.5. The molecule has 0 aliphatic heterocycles. The zero-order valence-electron chi connectivity index (χ0n) is 11.5. The summed E-state index contributed by atoms with van der Waals surface area (Å²) in [5.41, 5.74) is -0.413. The third-order valence-corrected chi connectivity index (χ3v) is 3.73. The molecular weight excluding hydrogens is 232 g/mol. The predicted octanol–water partition coefficient (Wildman–Crippen LogP) is 2.48. The molecule has 4 nitrogen and oxygen atoms in total. The van der Waals surface area contributed by atoms with Crippen LogP contribution in [0.2, 0.25) is 0 Å². The SMILES string of the molecule is C=C(C)CC(C(=O)OC)(C(=O)OC)C1CCCC1. The highest BCUT2D eigenvalue weighted by atomic mass is 16.5. The Morgan fingerprint density at radius 3 is 1.94 bits per heavy atom. The Balaban J connectivity index is 3.19. The van der Waals surface area contributed by atoms with Crippen molar-refractivity contribution in [2.45, 2.75) is 39.0 Å². The topological polar surface area (TPSA) is 52.6 Å². The minimum atomic E-state index is -1.20. The maximum Gasteiger partial charge on any atom is 0.323 e. The van der Waals surface area contributed by atoms with E-state index in [9.17, 15) is 9.59 Å². The summed E-state index contributed by atoms with van der Waals surface area (Å²) in [6.07, 6.45) is 4.10. The molecule has 0 aromatic heterocycles. The van der Waals surface area contributed by atoms with Gasteiger partial charge in [-0.25, -0.2) is 0 Å². The third kappa shape index (κ3) is 2.57. The van der Waals surface area contributed by atoms with E-state index in [1.165, 1.54) is 14.2 Å². The van der Waals surface area contributed by atoms with E-state index < -0.39 is 17.4 Å². The number of rotatable bonds is 5. The van der Waals surface area contributed by atoms with Crippen LogP contribution in [0.3, 0.4) is 0 Å². The van der Waals surface area contributed by atoms with Crippen LogP contribution in [0.25, 0.3) is 0 Å². The van der Waals surface area contributed by atoms with Gasteiger partial charge in [0, 0.05) is 0 Å². The molecule has 102 valence electrons. The summed E-state index contributed by atoms with van der Waals surface area (Å²) in [5.74, 6) is -0.998. The minimum absolute atomic E-state index is 0.00546. The number of ether oxygens (including phenoxy) is 2. The first-order chi connectivity index (χ1) is 8.48. The highest BCUT2D eigenvalue weighted by Crippen LogP contribution is 2.45. The first-order valence-electron chi connectivity index (χ1n) is 6.30. The van der Waals surface area contributed by atoms with E-state index >= 15 is 0 Å². The van der Waals surface area contributed by atoms with E-state index in [4.69, 9.17) is 9.47 Å². The van der Waals surface area contributed by atoms with Crippen molar-refractivity contribution < 1.29 is 19.1 Å². The number of esters is 2. The molecule has 1 saturated carbocycles. The lowest BCUT2D eigenvalue weighted by molar-refractivity contribution is -0.173. The van der Waals surface area contributed by atoms with Crippen LogP contribution < -0.4 is 0 Å². The predicted molar refractivity (Wildman–Crippen MR) is 67.9 cm³/mol. The molecule has 1 fully saturated rings. The Hall–Kier alpha value is -1.32. The average molecular weight is 254 g/mol. The zero-order chi connectivity index (χ0) is 13.8. The number of hydrogen-bond acceptors (Lipinski definition) is 4. The highest BCUT2D eigenvalue weighted by Gasteiger charge is 2.54. The van der Waals surface area contributed by atoms with Crippen molar-refractivity contribution in [2.24, 2.45) is 11.3 Å². The molecule has 0 amide bonds. The van der Waals surface area contributed by atoms with E-state index in [0.29, 0.717) is 6.42 Å². The van der Waals surface area contributed by atoms with Crippen molar-refractivity contribution in [2.75, 3.05) is 14.2 Å². The van der Waals surface area contributed by atoms with Gasteiger partial charge in [0.05, 0.1) is 14.2 Å². The van der Waals surface area contributed by atoms with Crippen LogP contribution in [0, 0.1) is 11.3 Å². The maximum absolute atomic E-state index is 12.2. The van der Waals surface area contributed by atoms with Crippen LogP contribution in [-0.4, -0.2) is 26.2 Å². The monoisotopic (exact) mass is 254 g/mol. The quantitative estimate of drug-likeness (QED) is 0.429. The van der Waals surface area contributed by atoms with E-state index in [1.807, 2.05) is 6.92 Å². The number of methoxy groups -OCH3 is 2. The molecule has 4 heteroatoms. The Morgan fingerprint density at radius 1 is 1.17 bits per heavy atom. The molecule has 0 radical (unpaired) electrons.